The number of carbonyl (C=O) groups excluding carboxylic acids is 1. The molecular weight excluding hydrogens is 292 g/mol. The van der Waals surface area contributed by atoms with Crippen LogP contribution in [0.5, 0.6) is 0 Å². The molecule has 0 heterocycles. The Labute approximate surface area is 131 Å². The van der Waals surface area contributed by atoms with E-state index in [9.17, 15) is 9.59 Å². The summed E-state index contributed by atoms with van der Waals surface area (Å²) in [6, 6.07) is 0. The lowest BCUT2D eigenvalue weighted by molar-refractivity contribution is -0.138. The Morgan fingerprint density at radius 2 is 1.45 bits per heavy atom. The number of nitrogens with zero attached hydrogens (tertiary/aromatic N) is 1. The van der Waals surface area contributed by atoms with Gasteiger partial charge in [0.1, 0.15) is 0 Å². The molecule has 0 saturated carbocycles. The largest absolute Gasteiger partial charge is 0.481 e. The maximum absolute atomic E-state index is 11.2. The minimum Gasteiger partial charge on any atom is -0.481 e. The molecule has 0 aromatic carbocycles. The molecule has 130 valence electrons. The molecule has 0 atom stereocenters. The predicted molar refractivity (Wildman–Crippen MR) is 80.9 cm³/mol. The van der Waals surface area contributed by atoms with Gasteiger partial charge in [0.05, 0.1) is 46.1 Å². The Kier molecular flexibility index (Phi) is 13.9. The third-order valence-electron chi connectivity index (χ3n) is 2.56. The van der Waals surface area contributed by atoms with Crippen LogP contribution in [0.3, 0.4) is 0 Å². The summed E-state index contributed by atoms with van der Waals surface area (Å²) in [5.41, 5.74) is 0. The molecule has 0 aromatic heterocycles. The van der Waals surface area contributed by atoms with Crippen LogP contribution in [0.25, 0.3) is 0 Å². The first-order valence-corrected chi connectivity index (χ1v) is 7.39. The van der Waals surface area contributed by atoms with E-state index in [1.54, 1.807) is 0 Å². The van der Waals surface area contributed by atoms with Crippen molar-refractivity contribution in [3.63, 3.8) is 0 Å². The molecule has 0 bridgehead atoms. The molecule has 0 aliphatic heterocycles. The first kappa shape index (κ1) is 20.8. The number of amides is 1. The number of carboxylic acid groups (broad SMARTS) is 1. The molecule has 0 unspecified atom stereocenters. The van der Waals surface area contributed by atoms with Gasteiger partial charge in [-0.2, -0.15) is 0 Å². The van der Waals surface area contributed by atoms with Gasteiger partial charge < -0.3 is 29.5 Å². The smallest absolute Gasteiger partial charge is 0.303 e. The molecular formula is C14H28N2O6. The average molecular weight is 320 g/mol. The number of rotatable bonds is 15. The van der Waals surface area contributed by atoms with Crippen molar-refractivity contribution >= 4 is 11.9 Å². The van der Waals surface area contributed by atoms with Crippen molar-refractivity contribution in [2.24, 2.45) is 0 Å². The Bertz CT molecular complexity index is 299. The molecule has 8 heteroatoms. The third-order valence-corrected chi connectivity index (χ3v) is 2.56. The normalized spacial score (nSPS) is 10.9. The lowest BCUT2D eigenvalue weighted by Crippen LogP contribution is -2.28. The van der Waals surface area contributed by atoms with E-state index >= 15 is 0 Å². The third kappa shape index (κ3) is 16.8. The van der Waals surface area contributed by atoms with Crippen LogP contribution in [-0.2, 0) is 23.8 Å². The zero-order chi connectivity index (χ0) is 16.6. The van der Waals surface area contributed by atoms with E-state index < -0.39 is 5.97 Å². The number of likely N-dealkylation sites (N-methyl/N-ethyl adjacent to an activating group) is 1. The Hall–Kier alpha value is -1.22. The quantitative estimate of drug-likeness (QED) is 0.395. The summed E-state index contributed by atoms with van der Waals surface area (Å²) in [5.74, 6) is -1.26. The molecule has 0 radical (unpaired) electrons. The average Bonchev–Trinajstić information content (AvgIpc) is 2.45. The topological polar surface area (TPSA) is 97.3 Å². The standard InChI is InChI=1S/C14H28N2O6/c1-16(2)6-8-21-10-12-22-11-9-20-7-5-15-13(17)3-4-14(18)19/h3-12H2,1-2H3,(H,15,17)(H,18,19). The van der Waals surface area contributed by atoms with Crippen molar-refractivity contribution in [2.45, 2.75) is 12.8 Å². The monoisotopic (exact) mass is 320 g/mol. The molecule has 0 fully saturated rings. The van der Waals surface area contributed by atoms with Gasteiger partial charge in [-0.25, -0.2) is 0 Å². The summed E-state index contributed by atoms with van der Waals surface area (Å²) in [7, 11) is 3.98. The maximum atomic E-state index is 11.2. The Balaban J connectivity index is 3.14. The second-order valence-corrected chi connectivity index (χ2v) is 4.88. The van der Waals surface area contributed by atoms with Gasteiger partial charge in [0.15, 0.2) is 0 Å². The number of carboxylic acids is 1. The van der Waals surface area contributed by atoms with Gasteiger partial charge >= 0.3 is 5.97 Å². The fourth-order valence-corrected chi connectivity index (χ4v) is 1.36. The second kappa shape index (κ2) is 14.7. The number of ether oxygens (including phenoxy) is 3. The van der Waals surface area contributed by atoms with Gasteiger partial charge in [0, 0.05) is 19.5 Å². The number of hydrogen-bond donors (Lipinski definition) is 2. The zero-order valence-corrected chi connectivity index (χ0v) is 13.5. The van der Waals surface area contributed by atoms with Crippen molar-refractivity contribution in [3.05, 3.63) is 0 Å². The lowest BCUT2D eigenvalue weighted by Gasteiger charge is -2.10. The summed E-state index contributed by atoms with van der Waals surface area (Å²) < 4.78 is 15.9. The van der Waals surface area contributed by atoms with Crippen molar-refractivity contribution in [2.75, 3.05) is 66.8 Å². The van der Waals surface area contributed by atoms with Gasteiger partial charge in [-0.05, 0) is 14.1 Å². The van der Waals surface area contributed by atoms with E-state index in [0.717, 1.165) is 6.54 Å². The molecule has 2 N–H and O–H groups in total. The van der Waals surface area contributed by atoms with E-state index in [4.69, 9.17) is 19.3 Å². The molecule has 0 aliphatic carbocycles. The fourth-order valence-electron chi connectivity index (χ4n) is 1.36. The predicted octanol–water partition coefficient (Wildman–Crippen LogP) is -0.421. The van der Waals surface area contributed by atoms with Gasteiger partial charge in [-0.1, -0.05) is 0 Å². The molecule has 0 aromatic rings. The van der Waals surface area contributed by atoms with E-state index in [1.807, 2.05) is 14.1 Å². The van der Waals surface area contributed by atoms with Crippen LogP contribution in [-0.4, -0.2) is 88.7 Å². The Morgan fingerprint density at radius 1 is 0.909 bits per heavy atom. The minimum absolute atomic E-state index is 0.00767. The summed E-state index contributed by atoms with van der Waals surface area (Å²) in [6.07, 6.45) is -0.163. The van der Waals surface area contributed by atoms with Crippen LogP contribution in [0.2, 0.25) is 0 Å². The molecule has 8 nitrogen and oxygen atoms in total. The number of carbonyl (C=O) groups is 2. The molecule has 0 rings (SSSR count). The van der Waals surface area contributed by atoms with Gasteiger partial charge in [-0.3, -0.25) is 9.59 Å². The first-order valence-electron chi connectivity index (χ1n) is 7.39. The van der Waals surface area contributed by atoms with Crippen molar-refractivity contribution in [1.29, 1.82) is 0 Å². The van der Waals surface area contributed by atoms with Crippen molar-refractivity contribution < 1.29 is 28.9 Å². The molecule has 0 saturated heterocycles. The highest BCUT2D eigenvalue weighted by Gasteiger charge is 2.03. The summed E-state index contributed by atoms with van der Waals surface area (Å²) in [5, 5.41) is 11.0. The van der Waals surface area contributed by atoms with Crippen LogP contribution in [0.1, 0.15) is 12.8 Å². The van der Waals surface area contributed by atoms with Crippen molar-refractivity contribution in [3.8, 4) is 0 Å². The lowest BCUT2D eigenvalue weighted by atomic mass is 10.3. The van der Waals surface area contributed by atoms with E-state index in [0.29, 0.717) is 46.2 Å². The number of aliphatic carboxylic acids is 1. The summed E-state index contributed by atoms with van der Waals surface area (Å²) in [4.78, 5) is 23.5. The molecule has 0 aliphatic rings. The van der Waals surface area contributed by atoms with Gasteiger partial charge in [-0.15, -0.1) is 0 Å². The molecule has 22 heavy (non-hydrogen) atoms. The second-order valence-electron chi connectivity index (χ2n) is 4.88. The number of hydrogen-bond acceptors (Lipinski definition) is 6. The van der Waals surface area contributed by atoms with Gasteiger partial charge in [0.25, 0.3) is 0 Å². The highest BCUT2D eigenvalue weighted by Crippen LogP contribution is 1.88. The van der Waals surface area contributed by atoms with Crippen LogP contribution >= 0.6 is 0 Å². The van der Waals surface area contributed by atoms with Gasteiger partial charge in [0.2, 0.25) is 5.91 Å². The Morgan fingerprint density at radius 3 is 2.00 bits per heavy atom. The minimum atomic E-state index is -0.978. The SMILES string of the molecule is CN(C)CCOCCOCCOCCNC(=O)CCC(=O)O. The number of nitrogens with one attached hydrogen (secondary N) is 1. The van der Waals surface area contributed by atoms with Crippen LogP contribution in [0, 0.1) is 0 Å². The highest BCUT2D eigenvalue weighted by molar-refractivity contribution is 5.80. The maximum Gasteiger partial charge on any atom is 0.303 e. The van der Waals surface area contributed by atoms with Crippen molar-refractivity contribution in [1.82, 2.24) is 10.2 Å². The van der Waals surface area contributed by atoms with Crippen LogP contribution in [0.4, 0.5) is 0 Å². The van der Waals surface area contributed by atoms with Crippen LogP contribution in [0.15, 0.2) is 0 Å². The molecule has 1 amide bonds. The summed E-state index contributed by atoms with van der Waals surface area (Å²) in [6.45, 7) is 4.34. The highest BCUT2D eigenvalue weighted by atomic mass is 16.5. The summed E-state index contributed by atoms with van der Waals surface area (Å²) >= 11 is 0. The zero-order valence-electron chi connectivity index (χ0n) is 13.5. The fraction of sp³-hybridized carbons (Fsp3) is 0.857. The van der Waals surface area contributed by atoms with E-state index in [-0.39, 0.29) is 18.7 Å². The van der Waals surface area contributed by atoms with E-state index in [1.165, 1.54) is 0 Å². The van der Waals surface area contributed by atoms with Crippen LogP contribution < -0.4 is 5.32 Å². The molecule has 0 spiro atoms. The first-order chi connectivity index (χ1) is 10.5. The van der Waals surface area contributed by atoms with E-state index in [2.05, 4.69) is 10.2 Å².